The van der Waals surface area contributed by atoms with E-state index in [2.05, 4.69) is 5.32 Å². The number of rotatable bonds is 9. The number of ether oxygens (including phenoxy) is 2. The van der Waals surface area contributed by atoms with Gasteiger partial charge in [0, 0.05) is 19.0 Å². The molecule has 0 spiro atoms. The van der Waals surface area contributed by atoms with Crippen molar-refractivity contribution < 1.29 is 19.1 Å². The molecular weight excluding hydrogens is 428 g/mol. The number of hydrogen-bond donors (Lipinski definition) is 1. The number of nitrogens with one attached hydrogen (secondary N) is 1. The summed E-state index contributed by atoms with van der Waals surface area (Å²) >= 11 is 0. The molecule has 4 rings (SSSR count). The van der Waals surface area contributed by atoms with Crippen LogP contribution < -0.4 is 14.8 Å². The van der Waals surface area contributed by atoms with Gasteiger partial charge in [-0.15, -0.1) is 0 Å². The molecule has 1 fully saturated rings. The van der Waals surface area contributed by atoms with E-state index in [-0.39, 0.29) is 17.9 Å². The molecule has 1 N–H and O–H groups in total. The molecule has 182 valence electrons. The lowest BCUT2D eigenvalue weighted by Gasteiger charge is -2.31. The molecule has 1 heterocycles. The third-order valence-electron chi connectivity index (χ3n) is 6.80. The predicted octanol–water partition coefficient (Wildman–Crippen LogP) is 4.57. The number of amides is 2. The number of aryl methyl sites for hydroxylation is 2. The van der Waals surface area contributed by atoms with E-state index in [9.17, 15) is 9.59 Å². The van der Waals surface area contributed by atoms with Gasteiger partial charge < -0.3 is 19.7 Å². The molecule has 2 aromatic carbocycles. The predicted molar refractivity (Wildman–Crippen MR) is 132 cm³/mol. The highest BCUT2D eigenvalue weighted by Crippen LogP contribution is 2.31. The second-order valence-electron chi connectivity index (χ2n) is 9.40. The van der Waals surface area contributed by atoms with Gasteiger partial charge in [0.2, 0.25) is 11.8 Å². The second kappa shape index (κ2) is 11.4. The van der Waals surface area contributed by atoms with Crippen LogP contribution in [0.1, 0.15) is 62.1 Å². The summed E-state index contributed by atoms with van der Waals surface area (Å²) < 4.78 is 11.3. The first kappa shape index (κ1) is 24.1. The molecule has 0 radical (unpaired) electrons. The van der Waals surface area contributed by atoms with Crippen molar-refractivity contribution in [1.82, 2.24) is 10.2 Å². The molecule has 0 saturated heterocycles. The van der Waals surface area contributed by atoms with Gasteiger partial charge in [0.1, 0.15) is 19.3 Å². The Kier molecular flexibility index (Phi) is 8.09. The lowest BCUT2D eigenvalue weighted by molar-refractivity contribution is -0.141. The fourth-order valence-corrected chi connectivity index (χ4v) is 4.82. The number of nitrogens with zero attached hydrogens (tertiary/aromatic N) is 1. The first-order valence-electron chi connectivity index (χ1n) is 12.6. The number of carbonyl (C=O) groups is 2. The van der Waals surface area contributed by atoms with Crippen molar-refractivity contribution >= 4 is 11.8 Å². The normalized spacial score (nSPS) is 16.2. The van der Waals surface area contributed by atoms with Crippen LogP contribution in [0.2, 0.25) is 0 Å². The SMILES string of the molecule is CC[C@@H](C(=O)NC1CCCC1)N(Cc1ccc(C)cc1)C(=O)CCc1ccc2c(c1)OCCO2. The Morgan fingerprint density at radius 1 is 1.00 bits per heavy atom. The molecule has 2 aliphatic rings. The van der Waals surface area contributed by atoms with E-state index >= 15 is 0 Å². The second-order valence-corrected chi connectivity index (χ2v) is 9.40. The van der Waals surface area contributed by atoms with Gasteiger partial charge in [0.15, 0.2) is 11.5 Å². The van der Waals surface area contributed by atoms with Crippen molar-refractivity contribution in [3.8, 4) is 11.5 Å². The highest BCUT2D eigenvalue weighted by molar-refractivity contribution is 5.88. The summed E-state index contributed by atoms with van der Waals surface area (Å²) in [5.41, 5.74) is 3.23. The zero-order valence-corrected chi connectivity index (χ0v) is 20.3. The van der Waals surface area contributed by atoms with Crippen molar-refractivity contribution in [3.05, 3.63) is 59.2 Å². The lowest BCUT2D eigenvalue weighted by Crippen LogP contribution is -2.51. The van der Waals surface area contributed by atoms with E-state index in [0.717, 1.165) is 48.3 Å². The summed E-state index contributed by atoms with van der Waals surface area (Å²) in [6.45, 7) is 5.55. The molecule has 1 atom stereocenters. The Morgan fingerprint density at radius 2 is 1.68 bits per heavy atom. The van der Waals surface area contributed by atoms with Crippen molar-refractivity contribution in [2.45, 2.75) is 77.4 Å². The standard InChI is InChI=1S/C28H36N2O4/c1-3-24(28(32)29-23-6-4-5-7-23)30(19-22-10-8-20(2)9-11-22)27(31)15-13-21-12-14-25-26(18-21)34-17-16-33-25/h8-12,14,18,23-24H,3-7,13,15-17,19H2,1-2H3,(H,29,32)/t24-/m0/s1. The molecule has 1 aliphatic heterocycles. The first-order chi connectivity index (χ1) is 16.5. The molecule has 1 saturated carbocycles. The monoisotopic (exact) mass is 464 g/mol. The average molecular weight is 465 g/mol. The van der Waals surface area contributed by atoms with Gasteiger partial charge in [-0.2, -0.15) is 0 Å². The summed E-state index contributed by atoms with van der Waals surface area (Å²) in [6, 6.07) is 13.8. The van der Waals surface area contributed by atoms with Crippen LogP contribution in [0, 0.1) is 6.92 Å². The zero-order valence-electron chi connectivity index (χ0n) is 20.3. The molecule has 34 heavy (non-hydrogen) atoms. The summed E-state index contributed by atoms with van der Waals surface area (Å²) in [4.78, 5) is 28.5. The van der Waals surface area contributed by atoms with Crippen LogP contribution in [0.5, 0.6) is 11.5 Å². The average Bonchev–Trinajstić information content (AvgIpc) is 3.36. The lowest BCUT2D eigenvalue weighted by atomic mass is 10.0. The summed E-state index contributed by atoms with van der Waals surface area (Å²) in [6.07, 6.45) is 5.86. The molecular formula is C28H36N2O4. The first-order valence-corrected chi connectivity index (χ1v) is 12.6. The van der Waals surface area contributed by atoms with Crippen LogP contribution in [-0.2, 0) is 22.6 Å². The number of hydrogen-bond acceptors (Lipinski definition) is 4. The maximum absolute atomic E-state index is 13.5. The van der Waals surface area contributed by atoms with Crippen LogP contribution in [0.3, 0.4) is 0 Å². The Morgan fingerprint density at radius 3 is 2.38 bits per heavy atom. The Balaban J connectivity index is 1.47. The smallest absolute Gasteiger partial charge is 0.243 e. The van der Waals surface area contributed by atoms with Crippen LogP contribution in [-0.4, -0.2) is 42.0 Å². The molecule has 2 aromatic rings. The van der Waals surface area contributed by atoms with Gasteiger partial charge in [-0.1, -0.05) is 55.7 Å². The number of carbonyl (C=O) groups excluding carboxylic acids is 2. The molecule has 1 aliphatic carbocycles. The van der Waals surface area contributed by atoms with Gasteiger partial charge >= 0.3 is 0 Å². The quantitative estimate of drug-likeness (QED) is 0.591. The van der Waals surface area contributed by atoms with E-state index in [4.69, 9.17) is 9.47 Å². The molecule has 2 amide bonds. The van der Waals surface area contributed by atoms with Gasteiger partial charge in [0.05, 0.1) is 0 Å². The molecule has 6 nitrogen and oxygen atoms in total. The van der Waals surface area contributed by atoms with E-state index in [1.165, 1.54) is 5.56 Å². The fourth-order valence-electron chi connectivity index (χ4n) is 4.82. The van der Waals surface area contributed by atoms with Crippen molar-refractivity contribution in [2.75, 3.05) is 13.2 Å². The van der Waals surface area contributed by atoms with E-state index in [0.29, 0.717) is 39.0 Å². The van der Waals surface area contributed by atoms with Gasteiger partial charge in [0.25, 0.3) is 0 Å². The minimum atomic E-state index is -0.477. The number of fused-ring (bicyclic) bond motifs is 1. The largest absolute Gasteiger partial charge is 0.486 e. The van der Waals surface area contributed by atoms with E-state index in [1.54, 1.807) is 4.90 Å². The van der Waals surface area contributed by atoms with Crippen LogP contribution in [0.25, 0.3) is 0 Å². The third kappa shape index (κ3) is 6.10. The molecule has 0 bridgehead atoms. The Labute approximate surface area is 202 Å². The minimum absolute atomic E-state index is 0.0103. The minimum Gasteiger partial charge on any atom is -0.486 e. The topological polar surface area (TPSA) is 67.9 Å². The molecule has 6 heteroatoms. The highest BCUT2D eigenvalue weighted by Gasteiger charge is 2.30. The maximum atomic E-state index is 13.5. The van der Waals surface area contributed by atoms with Crippen molar-refractivity contribution in [2.24, 2.45) is 0 Å². The highest BCUT2D eigenvalue weighted by atomic mass is 16.6. The van der Waals surface area contributed by atoms with Crippen LogP contribution in [0.4, 0.5) is 0 Å². The number of benzene rings is 2. The van der Waals surface area contributed by atoms with Crippen LogP contribution in [0.15, 0.2) is 42.5 Å². The Bertz CT molecular complexity index is 982. The fraction of sp³-hybridized carbons (Fsp3) is 0.500. The van der Waals surface area contributed by atoms with E-state index in [1.807, 2.05) is 56.3 Å². The van der Waals surface area contributed by atoms with Gasteiger partial charge in [-0.3, -0.25) is 9.59 Å². The summed E-state index contributed by atoms with van der Waals surface area (Å²) in [7, 11) is 0. The van der Waals surface area contributed by atoms with Crippen LogP contribution >= 0.6 is 0 Å². The molecule has 0 aromatic heterocycles. The van der Waals surface area contributed by atoms with Crippen molar-refractivity contribution in [3.63, 3.8) is 0 Å². The summed E-state index contributed by atoms with van der Waals surface area (Å²) in [5, 5.41) is 3.20. The third-order valence-corrected chi connectivity index (χ3v) is 6.80. The zero-order chi connectivity index (χ0) is 23.9. The van der Waals surface area contributed by atoms with Gasteiger partial charge in [-0.25, -0.2) is 0 Å². The maximum Gasteiger partial charge on any atom is 0.243 e. The van der Waals surface area contributed by atoms with Gasteiger partial charge in [-0.05, 0) is 55.9 Å². The van der Waals surface area contributed by atoms with E-state index < -0.39 is 6.04 Å². The molecule has 0 unspecified atom stereocenters. The summed E-state index contributed by atoms with van der Waals surface area (Å²) in [5.74, 6) is 1.44. The Hall–Kier alpha value is -3.02. The van der Waals surface area contributed by atoms with Crippen molar-refractivity contribution in [1.29, 1.82) is 0 Å².